The lowest BCUT2D eigenvalue weighted by atomic mass is 9.44. The second-order valence-electron chi connectivity index (χ2n) is 25.8. The molecule has 10 rings (SSSR count). The fourth-order valence-corrected chi connectivity index (χ4v) is 16.5. The largest absolute Gasteiger partial charge is 0.462 e. The Morgan fingerprint density at radius 2 is 1.11 bits per heavy atom. The quantitative estimate of drug-likeness (QED) is 0.0540. The summed E-state index contributed by atoms with van der Waals surface area (Å²) in [5.41, 5.74) is -0.639. The molecule has 2 unspecified atom stereocenters. The van der Waals surface area contributed by atoms with Crippen LogP contribution >= 0.6 is 58.0 Å². The van der Waals surface area contributed by atoms with Crippen LogP contribution in [0.2, 0.25) is 0 Å². The lowest BCUT2D eigenvalue weighted by molar-refractivity contribution is -0.364. The number of esters is 5. The van der Waals surface area contributed by atoms with Crippen LogP contribution in [-0.4, -0.2) is 176 Å². The summed E-state index contributed by atoms with van der Waals surface area (Å²) in [6, 6.07) is 8.95. The minimum atomic E-state index is -2.18. The third-order valence-electron chi connectivity index (χ3n) is 20.2. The van der Waals surface area contributed by atoms with Gasteiger partial charge in [0.2, 0.25) is 0 Å². The van der Waals surface area contributed by atoms with Gasteiger partial charge in [0.05, 0.1) is 18.8 Å². The number of anilines is 2. The molecule has 2 amide bonds. The smallest absolute Gasteiger partial charge is 0.412 e. The monoisotopic (exact) mass is 1410 g/mol. The molecule has 22 atom stereocenters. The molecule has 8 fully saturated rings. The molecule has 0 bridgehead atoms. The third-order valence-corrected chi connectivity index (χ3v) is 21.3. The van der Waals surface area contributed by atoms with Crippen molar-refractivity contribution in [3.05, 3.63) is 60.2 Å². The Balaban J connectivity index is 0.947. The molecule has 4 aliphatic carbocycles. The van der Waals surface area contributed by atoms with E-state index in [1.165, 1.54) is 24.3 Å². The summed E-state index contributed by atoms with van der Waals surface area (Å²) < 4.78 is 108. The van der Waals surface area contributed by atoms with E-state index in [1.807, 2.05) is 0 Å². The van der Waals surface area contributed by atoms with E-state index in [4.69, 9.17) is 120 Å². The highest BCUT2D eigenvalue weighted by atomic mass is 35.5. The lowest BCUT2D eigenvalue weighted by Gasteiger charge is -2.60. The van der Waals surface area contributed by atoms with Gasteiger partial charge in [-0.05, 0) is 134 Å². The highest BCUT2D eigenvalue weighted by Crippen LogP contribution is 2.71. The van der Waals surface area contributed by atoms with Crippen molar-refractivity contribution in [1.29, 1.82) is 0 Å². The number of benzene rings is 2. The Labute approximate surface area is 560 Å². The molecule has 0 aromatic heterocycles. The number of fused-ring (bicyclic) bond motifs is 7. The van der Waals surface area contributed by atoms with Gasteiger partial charge in [-0.2, -0.15) is 0 Å². The number of rotatable bonds is 20. The molecule has 1 spiro atoms. The normalized spacial score (nSPS) is 37.5. The fraction of sp³-hybridized carbons (Fsp3) is 0.683. The van der Waals surface area contributed by atoms with E-state index >= 15 is 4.79 Å². The molecule has 0 radical (unpaired) electrons. The number of amides is 2. The van der Waals surface area contributed by atoms with Gasteiger partial charge in [-0.3, -0.25) is 39.4 Å². The molecule has 23 nitrogen and oxygen atoms in total. The van der Waals surface area contributed by atoms with Crippen LogP contribution in [0.15, 0.2) is 48.5 Å². The third kappa shape index (κ3) is 15.4. The van der Waals surface area contributed by atoms with E-state index in [0.29, 0.717) is 38.2 Å². The van der Waals surface area contributed by atoms with Crippen molar-refractivity contribution < 1.29 is 109 Å². The van der Waals surface area contributed by atoms with Crippen LogP contribution < -0.4 is 10.6 Å². The molecule has 4 saturated heterocycles. The van der Waals surface area contributed by atoms with Crippen molar-refractivity contribution in [1.82, 2.24) is 0 Å². The van der Waals surface area contributed by atoms with Gasteiger partial charge in [0.15, 0.2) is 48.9 Å². The van der Waals surface area contributed by atoms with E-state index in [-0.39, 0.29) is 64.2 Å². The van der Waals surface area contributed by atoms with Crippen molar-refractivity contribution in [2.24, 2.45) is 52.3 Å². The number of carbonyl (C=O) groups is 8. The number of hydrogen-bond acceptors (Lipinski definition) is 21. The average molecular weight is 1410 g/mol. The standard InChI is InChI=1S/C63H75Cl5F2N2O21/c1-30-15-18-63(83-27-30)31(2)49-41(93-63)20-39-38-14-5-32-19-37(16-17-61(32,3)50(38)40(73)21-62(39,49)4)84-57-55(89-47(77)25-67)53(87-45(75)23-65)51(42(85-57)28-81-44(74)22-64)91-58-56(90-48(78)26-68)54(88-46(76)24-66)52(92-60(80)72-36-12-8-34(70)9-13-36)43(86-58)29-82-59(79)71-35-10-6-33(69)7-11-35/h6-13,30-32,37-39,41-43,49-58H,5,14-29H2,1-4H3,(H,71,79)(H,72,80)/t30-,31+,32+,37+,38+,39+,41?,42-,43-,49?,50-,51-,52-,53+,54+,55-,56-,57-,58+,61+,62+,63-/m1/s1. The Morgan fingerprint density at radius 1 is 0.581 bits per heavy atom. The van der Waals surface area contributed by atoms with Crippen LogP contribution in [0.25, 0.3) is 0 Å². The zero-order valence-electron chi connectivity index (χ0n) is 51.3. The van der Waals surface area contributed by atoms with Crippen molar-refractivity contribution in [3.8, 4) is 0 Å². The number of carbonyl (C=O) groups excluding carboxylic acids is 8. The number of nitrogens with one attached hydrogen (secondary N) is 2. The summed E-state index contributed by atoms with van der Waals surface area (Å²) in [6.45, 7) is 7.83. The summed E-state index contributed by atoms with van der Waals surface area (Å²) in [4.78, 5) is 109. The first kappa shape index (κ1) is 70.9. The number of alkyl halides is 5. The molecule has 8 aliphatic rings. The first-order chi connectivity index (χ1) is 44.4. The summed E-state index contributed by atoms with van der Waals surface area (Å²) >= 11 is 30.1. The number of ketones is 1. The van der Waals surface area contributed by atoms with Crippen molar-refractivity contribution in [2.45, 2.75) is 165 Å². The van der Waals surface area contributed by atoms with Crippen molar-refractivity contribution in [3.63, 3.8) is 0 Å². The van der Waals surface area contributed by atoms with Crippen LogP contribution in [0, 0.1) is 63.9 Å². The van der Waals surface area contributed by atoms with Gasteiger partial charge in [0.1, 0.15) is 78.3 Å². The topological polar surface area (TPSA) is 281 Å². The molecule has 512 valence electrons. The minimum Gasteiger partial charge on any atom is -0.462 e. The van der Waals surface area contributed by atoms with E-state index in [1.54, 1.807) is 0 Å². The van der Waals surface area contributed by atoms with Crippen molar-refractivity contribution in [2.75, 3.05) is 59.9 Å². The SMILES string of the molecule is C[C@@H]1CC[C@@]2(OC1)OC1C[C@H]3[C@@H]4CC[C@H]5C[C@@H](O[C@@H]6O[C@H](COC(=O)CCl)[C@@H](O[C@@H]7O[C@H](COC(=O)Nc8ccc(F)cc8)[C@@H](OC(=O)Nc8ccc(F)cc8)[C@H](OC(=O)CCl)[C@H]7OC(=O)CCl)[C@H](OC(=O)CCl)[C@H]6OC(=O)CCl)CC[C@]5(C)[C@H]4C(=O)C[C@]3(C)C1[C@@H]2C. The van der Waals surface area contributed by atoms with Gasteiger partial charge in [-0.25, -0.2) is 18.4 Å². The molecule has 2 aromatic rings. The zero-order chi connectivity index (χ0) is 66.7. The Kier molecular flexibility index (Phi) is 23.0. The molecule has 4 aliphatic heterocycles. The highest BCUT2D eigenvalue weighted by Gasteiger charge is 2.71. The molecule has 2 N–H and O–H groups in total. The summed E-state index contributed by atoms with van der Waals surface area (Å²) in [7, 11) is 0. The highest BCUT2D eigenvalue weighted by molar-refractivity contribution is 6.27. The number of halogens is 7. The molecule has 4 saturated carbocycles. The van der Waals surface area contributed by atoms with E-state index < -0.39 is 175 Å². The Hall–Kier alpha value is -4.93. The Morgan fingerprint density at radius 3 is 1.67 bits per heavy atom. The second-order valence-corrected chi connectivity index (χ2v) is 27.1. The van der Waals surface area contributed by atoms with Crippen LogP contribution in [0.5, 0.6) is 0 Å². The molecular weight excluding hydrogens is 1340 g/mol. The van der Waals surface area contributed by atoms with Crippen LogP contribution in [0.1, 0.15) is 85.5 Å². The van der Waals surface area contributed by atoms with Crippen LogP contribution in [0.3, 0.4) is 0 Å². The maximum absolute atomic E-state index is 15.0. The zero-order valence-corrected chi connectivity index (χ0v) is 55.1. The number of hydrogen-bond donors (Lipinski definition) is 2. The Bertz CT molecular complexity index is 3050. The second kappa shape index (κ2) is 30.2. The van der Waals surface area contributed by atoms with Gasteiger partial charge in [-0.15, -0.1) is 58.0 Å². The van der Waals surface area contributed by atoms with Crippen LogP contribution in [0.4, 0.5) is 29.7 Å². The summed E-state index contributed by atoms with van der Waals surface area (Å²) in [6.07, 6.45) is -16.4. The first-order valence-corrected chi connectivity index (χ1v) is 33.7. The molecular formula is C63H75Cl5F2N2O21. The van der Waals surface area contributed by atoms with Gasteiger partial charge >= 0.3 is 42.0 Å². The minimum absolute atomic E-state index is 0.0000758. The summed E-state index contributed by atoms with van der Waals surface area (Å²) in [5.74, 6) is -10.4. The predicted molar refractivity (Wildman–Crippen MR) is 325 cm³/mol. The van der Waals surface area contributed by atoms with Crippen molar-refractivity contribution >= 4 is 117 Å². The van der Waals surface area contributed by atoms with E-state index in [9.17, 15) is 42.3 Å². The van der Waals surface area contributed by atoms with Gasteiger partial charge in [-0.1, -0.05) is 27.7 Å². The lowest BCUT2D eigenvalue weighted by Crippen LogP contribution is -2.68. The average Bonchev–Trinajstić information content (AvgIpc) is 1.57. The van der Waals surface area contributed by atoms with E-state index in [2.05, 4.69) is 38.3 Å². The summed E-state index contributed by atoms with van der Waals surface area (Å²) in [5, 5.41) is 4.76. The predicted octanol–water partition coefficient (Wildman–Crippen LogP) is 9.36. The molecule has 30 heteroatoms. The van der Waals surface area contributed by atoms with Gasteiger partial charge < -0.3 is 61.6 Å². The van der Waals surface area contributed by atoms with Gasteiger partial charge in [0.25, 0.3) is 0 Å². The molecule has 4 heterocycles. The molecule has 93 heavy (non-hydrogen) atoms. The van der Waals surface area contributed by atoms with Crippen LogP contribution in [-0.2, 0) is 90.3 Å². The fourth-order valence-electron chi connectivity index (χ4n) is 16.2. The number of Topliss-reactive ketones (excluding diaryl/α,β-unsaturated/α-hetero) is 1. The molecule has 2 aromatic carbocycles. The number of ether oxygens (including phenoxy) is 13. The van der Waals surface area contributed by atoms with Gasteiger partial charge in [0, 0.05) is 36.1 Å². The maximum Gasteiger partial charge on any atom is 0.412 e. The maximum atomic E-state index is 15.0. The van der Waals surface area contributed by atoms with E-state index in [0.717, 1.165) is 56.4 Å². The first-order valence-electron chi connectivity index (χ1n) is 31.1.